The highest BCUT2D eigenvalue weighted by Crippen LogP contribution is 2.12. The molecule has 0 aromatic carbocycles. The third-order valence-electron chi connectivity index (χ3n) is 3.07. The van der Waals surface area contributed by atoms with Gasteiger partial charge >= 0.3 is 0 Å². The van der Waals surface area contributed by atoms with Crippen molar-refractivity contribution in [2.75, 3.05) is 5.32 Å². The highest BCUT2D eigenvalue weighted by Gasteiger charge is 2.05. The monoisotopic (exact) mass is 246 g/mol. The summed E-state index contributed by atoms with van der Waals surface area (Å²) in [6.07, 6.45) is 7.44. The largest absolute Gasteiger partial charge is 0.368 e. The zero-order valence-electron chi connectivity index (χ0n) is 11.4. The number of nitrogens with one attached hydrogen (secondary N) is 1. The fourth-order valence-electron chi connectivity index (χ4n) is 2.05. The van der Waals surface area contributed by atoms with Crippen molar-refractivity contribution in [2.45, 2.75) is 46.1 Å². The second kappa shape index (κ2) is 5.85. The van der Waals surface area contributed by atoms with Crippen LogP contribution in [0.15, 0.2) is 24.5 Å². The summed E-state index contributed by atoms with van der Waals surface area (Å²) in [5.74, 6) is 1.72. The van der Waals surface area contributed by atoms with Crippen LogP contribution >= 0.6 is 0 Å². The van der Waals surface area contributed by atoms with Gasteiger partial charge in [-0.05, 0) is 25.3 Å². The molecule has 0 aliphatic carbocycles. The molecule has 4 heteroatoms. The van der Waals surface area contributed by atoms with Crippen LogP contribution in [-0.4, -0.2) is 20.6 Å². The van der Waals surface area contributed by atoms with E-state index in [9.17, 15) is 0 Å². The molecule has 0 aliphatic rings. The molecule has 1 N–H and O–H groups in total. The molecule has 0 aliphatic heterocycles. The van der Waals surface area contributed by atoms with E-state index >= 15 is 0 Å². The molecule has 2 heterocycles. The van der Waals surface area contributed by atoms with Crippen LogP contribution in [-0.2, 0) is 0 Å². The van der Waals surface area contributed by atoms with Gasteiger partial charge in [-0.3, -0.25) is 0 Å². The molecule has 4 nitrogen and oxygen atoms in total. The first-order chi connectivity index (χ1) is 8.65. The number of rotatable bonds is 6. The molecule has 2 aromatic rings. The molecule has 0 spiro atoms. The Kier molecular flexibility index (Phi) is 4.18. The van der Waals surface area contributed by atoms with E-state index in [0.29, 0.717) is 6.04 Å². The number of anilines is 1. The molecule has 0 fully saturated rings. The maximum Gasteiger partial charge on any atom is 0.157 e. The third kappa shape index (κ3) is 3.45. The summed E-state index contributed by atoms with van der Waals surface area (Å²) in [7, 11) is 0. The summed E-state index contributed by atoms with van der Waals surface area (Å²) in [5.41, 5.74) is 0.884. The van der Waals surface area contributed by atoms with Crippen LogP contribution in [0.5, 0.6) is 0 Å². The lowest BCUT2D eigenvalue weighted by molar-refractivity contribution is 0.520. The molecule has 1 unspecified atom stereocenters. The van der Waals surface area contributed by atoms with Gasteiger partial charge in [0, 0.05) is 18.3 Å². The zero-order chi connectivity index (χ0) is 13.0. The van der Waals surface area contributed by atoms with E-state index in [1.807, 2.05) is 18.3 Å². The lowest BCUT2D eigenvalue weighted by atomic mass is 10.0. The van der Waals surface area contributed by atoms with Gasteiger partial charge in [0.15, 0.2) is 5.65 Å². The minimum atomic E-state index is 0.460. The summed E-state index contributed by atoms with van der Waals surface area (Å²) in [4.78, 5) is 4.51. The van der Waals surface area contributed by atoms with Gasteiger partial charge in [-0.25, -0.2) is 9.50 Å². The predicted octanol–water partition coefficient (Wildman–Crippen LogP) is 3.36. The molecular weight excluding hydrogens is 224 g/mol. The van der Waals surface area contributed by atoms with Crippen molar-refractivity contribution < 1.29 is 0 Å². The minimum absolute atomic E-state index is 0.460. The average molecular weight is 246 g/mol. The van der Waals surface area contributed by atoms with Gasteiger partial charge in [0.1, 0.15) is 5.82 Å². The first kappa shape index (κ1) is 12.9. The van der Waals surface area contributed by atoms with Crippen LogP contribution < -0.4 is 5.32 Å². The van der Waals surface area contributed by atoms with E-state index in [2.05, 4.69) is 36.2 Å². The second-order valence-electron chi connectivity index (χ2n) is 5.32. The lowest BCUT2D eigenvalue weighted by Gasteiger charge is -2.15. The van der Waals surface area contributed by atoms with Crippen molar-refractivity contribution in [3.8, 4) is 0 Å². The molecule has 0 saturated heterocycles. The molecule has 0 saturated carbocycles. The number of fused-ring (bicyclic) bond motifs is 1. The minimum Gasteiger partial charge on any atom is -0.368 e. The predicted molar refractivity (Wildman–Crippen MR) is 74.8 cm³/mol. The standard InChI is InChI=1S/C14H22N4/c1-11(2)5-4-6-12(3)16-13-8-10-18-14(17-13)7-9-15-18/h7-12H,4-6H2,1-3H3,(H,16,17). The molecular formula is C14H22N4. The Morgan fingerprint density at radius 3 is 2.83 bits per heavy atom. The number of nitrogens with zero attached hydrogens (tertiary/aromatic N) is 3. The van der Waals surface area contributed by atoms with Crippen molar-refractivity contribution in [3.63, 3.8) is 0 Å². The Morgan fingerprint density at radius 2 is 2.06 bits per heavy atom. The lowest BCUT2D eigenvalue weighted by Crippen LogP contribution is -2.16. The maximum absolute atomic E-state index is 4.51. The van der Waals surface area contributed by atoms with E-state index in [0.717, 1.165) is 17.4 Å². The molecule has 0 amide bonds. The van der Waals surface area contributed by atoms with Crippen molar-refractivity contribution >= 4 is 11.5 Å². The van der Waals surface area contributed by atoms with Gasteiger partial charge in [0.25, 0.3) is 0 Å². The zero-order valence-corrected chi connectivity index (χ0v) is 11.4. The Labute approximate surface area is 108 Å². The molecule has 1 atom stereocenters. The van der Waals surface area contributed by atoms with Crippen LogP contribution in [0.3, 0.4) is 0 Å². The van der Waals surface area contributed by atoms with Gasteiger partial charge in [-0.15, -0.1) is 0 Å². The Balaban J connectivity index is 1.87. The van der Waals surface area contributed by atoms with Gasteiger partial charge < -0.3 is 5.32 Å². The summed E-state index contributed by atoms with van der Waals surface area (Å²) < 4.78 is 1.77. The van der Waals surface area contributed by atoms with E-state index in [-0.39, 0.29) is 0 Å². The second-order valence-corrected chi connectivity index (χ2v) is 5.32. The average Bonchev–Trinajstić information content (AvgIpc) is 2.75. The SMILES string of the molecule is CC(C)CCCC(C)Nc1ccn2nccc2n1. The van der Waals surface area contributed by atoms with Gasteiger partial charge in [0.2, 0.25) is 0 Å². The first-order valence-electron chi connectivity index (χ1n) is 6.72. The number of hydrogen-bond acceptors (Lipinski definition) is 3. The van der Waals surface area contributed by atoms with E-state index in [4.69, 9.17) is 0 Å². The fourth-order valence-corrected chi connectivity index (χ4v) is 2.05. The van der Waals surface area contributed by atoms with Crippen molar-refractivity contribution in [2.24, 2.45) is 5.92 Å². The molecule has 2 aromatic heterocycles. The summed E-state index contributed by atoms with van der Waals surface area (Å²) >= 11 is 0. The molecule has 0 radical (unpaired) electrons. The van der Waals surface area contributed by atoms with E-state index < -0.39 is 0 Å². The van der Waals surface area contributed by atoms with Gasteiger partial charge in [0.05, 0.1) is 6.20 Å². The van der Waals surface area contributed by atoms with Crippen molar-refractivity contribution in [1.29, 1.82) is 0 Å². The van der Waals surface area contributed by atoms with Gasteiger partial charge in [-0.1, -0.05) is 26.7 Å². The Morgan fingerprint density at radius 1 is 1.22 bits per heavy atom. The smallest absolute Gasteiger partial charge is 0.157 e. The van der Waals surface area contributed by atoms with Gasteiger partial charge in [-0.2, -0.15) is 5.10 Å². The third-order valence-corrected chi connectivity index (χ3v) is 3.07. The highest BCUT2D eigenvalue weighted by atomic mass is 15.2. The van der Waals surface area contributed by atoms with E-state index in [1.54, 1.807) is 10.7 Å². The summed E-state index contributed by atoms with van der Waals surface area (Å²) in [5, 5.41) is 7.58. The van der Waals surface area contributed by atoms with Crippen LogP contribution in [0, 0.1) is 5.92 Å². The molecule has 18 heavy (non-hydrogen) atoms. The molecule has 98 valence electrons. The summed E-state index contributed by atoms with van der Waals surface area (Å²) in [6, 6.07) is 4.34. The molecule has 0 bridgehead atoms. The Hall–Kier alpha value is -1.58. The number of aromatic nitrogens is 3. The maximum atomic E-state index is 4.51. The highest BCUT2D eigenvalue weighted by molar-refractivity contribution is 5.45. The van der Waals surface area contributed by atoms with Crippen LogP contribution in [0.4, 0.5) is 5.82 Å². The van der Waals surface area contributed by atoms with E-state index in [1.165, 1.54) is 19.3 Å². The quantitative estimate of drug-likeness (QED) is 0.850. The van der Waals surface area contributed by atoms with Crippen LogP contribution in [0.25, 0.3) is 5.65 Å². The van der Waals surface area contributed by atoms with Crippen LogP contribution in [0.1, 0.15) is 40.0 Å². The van der Waals surface area contributed by atoms with Crippen molar-refractivity contribution in [1.82, 2.24) is 14.6 Å². The Bertz CT molecular complexity index is 489. The topological polar surface area (TPSA) is 42.2 Å². The molecule has 2 rings (SSSR count). The van der Waals surface area contributed by atoms with Crippen LogP contribution in [0.2, 0.25) is 0 Å². The summed E-state index contributed by atoms with van der Waals surface area (Å²) in [6.45, 7) is 6.75. The fraction of sp³-hybridized carbons (Fsp3) is 0.571. The van der Waals surface area contributed by atoms with Crippen molar-refractivity contribution in [3.05, 3.63) is 24.5 Å². The normalized spacial score (nSPS) is 13.1. The first-order valence-corrected chi connectivity index (χ1v) is 6.72. The number of hydrogen-bond donors (Lipinski definition) is 1.